The SMILES string of the molecule is CC=CCCNC(=NC)N1CCN(CC(=O)N2CCCCCC2)CC1. The number of carbonyl (C=O) groups excluding carboxylic acids is 1. The van der Waals surface area contributed by atoms with E-state index in [1.165, 1.54) is 12.8 Å². The lowest BCUT2D eigenvalue weighted by atomic mass is 10.2. The van der Waals surface area contributed by atoms with Crippen LogP contribution in [0.25, 0.3) is 0 Å². The zero-order chi connectivity index (χ0) is 17.9. The van der Waals surface area contributed by atoms with Gasteiger partial charge in [-0.05, 0) is 26.2 Å². The molecule has 2 aliphatic rings. The molecule has 1 amide bonds. The highest BCUT2D eigenvalue weighted by molar-refractivity contribution is 5.80. The molecule has 2 rings (SSSR count). The van der Waals surface area contributed by atoms with E-state index in [9.17, 15) is 4.79 Å². The molecule has 0 aromatic carbocycles. The highest BCUT2D eigenvalue weighted by Gasteiger charge is 2.23. The molecule has 0 unspecified atom stereocenters. The van der Waals surface area contributed by atoms with Gasteiger partial charge in [0.2, 0.25) is 5.91 Å². The summed E-state index contributed by atoms with van der Waals surface area (Å²) in [5.41, 5.74) is 0. The molecule has 0 spiro atoms. The van der Waals surface area contributed by atoms with Gasteiger partial charge in [0, 0.05) is 52.9 Å². The minimum atomic E-state index is 0.309. The number of nitrogens with one attached hydrogen (secondary N) is 1. The van der Waals surface area contributed by atoms with Crippen LogP contribution < -0.4 is 5.32 Å². The van der Waals surface area contributed by atoms with Crippen molar-refractivity contribution in [2.24, 2.45) is 4.99 Å². The number of guanidine groups is 1. The lowest BCUT2D eigenvalue weighted by Crippen LogP contribution is -2.54. The zero-order valence-electron chi connectivity index (χ0n) is 16.0. The molecule has 6 nitrogen and oxygen atoms in total. The van der Waals surface area contributed by atoms with Crippen LogP contribution in [0.1, 0.15) is 39.0 Å². The molecule has 0 saturated carbocycles. The smallest absolute Gasteiger partial charge is 0.236 e. The van der Waals surface area contributed by atoms with Gasteiger partial charge >= 0.3 is 0 Å². The van der Waals surface area contributed by atoms with Crippen LogP contribution in [0, 0.1) is 0 Å². The van der Waals surface area contributed by atoms with Crippen molar-refractivity contribution in [1.82, 2.24) is 20.0 Å². The first kappa shape index (κ1) is 19.8. The predicted molar refractivity (Wildman–Crippen MR) is 104 cm³/mol. The Morgan fingerprint density at radius 1 is 1.00 bits per heavy atom. The Kier molecular flexibility index (Phi) is 8.80. The third-order valence-electron chi connectivity index (χ3n) is 5.03. The Morgan fingerprint density at radius 3 is 2.28 bits per heavy atom. The second-order valence-corrected chi connectivity index (χ2v) is 6.89. The van der Waals surface area contributed by atoms with Crippen LogP contribution >= 0.6 is 0 Å². The van der Waals surface area contributed by atoms with Crippen molar-refractivity contribution in [2.75, 3.05) is 59.4 Å². The molecule has 0 aromatic rings. The van der Waals surface area contributed by atoms with E-state index in [1.54, 1.807) is 0 Å². The molecule has 0 radical (unpaired) electrons. The minimum absolute atomic E-state index is 0.309. The second-order valence-electron chi connectivity index (χ2n) is 6.89. The summed E-state index contributed by atoms with van der Waals surface area (Å²) in [5, 5.41) is 3.42. The summed E-state index contributed by atoms with van der Waals surface area (Å²) in [6.45, 7) is 9.12. The average Bonchev–Trinajstić information content (AvgIpc) is 2.92. The largest absolute Gasteiger partial charge is 0.356 e. The zero-order valence-corrected chi connectivity index (χ0v) is 16.0. The topological polar surface area (TPSA) is 51.2 Å². The molecular weight excluding hydrogens is 314 g/mol. The Labute approximate surface area is 152 Å². The fraction of sp³-hybridized carbons (Fsp3) is 0.789. The van der Waals surface area contributed by atoms with Crippen molar-refractivity contribution in [3.63, 3.8) is 0 Å². The van der Waals surface area contributed by atoms with Crippen molar-refractivity contribution in [3.05, 3.63) is 12.2 Å². The first-order chi connectivity index (χ1) is 12.2. The van der Waals surface area contributed by atoms with Crippen LogP contribution in [0.2, 0.25) is 0 Å². The molecule has 0 bridgehead atoms. The van der Waals surface area contributed by atoms with Crippen LogP contribution in [0.5, 0.6) is 0 Å². The molecule has 2 heterocycles. The van der Waals surface area contributed by atoms with Gasteiger partial charge in [-0.15, -0.1) is 0 Å². The van der Waals surface area contributed by atoms with Crippen molar-refractivity contribution in [3.8, 4) is 0 Å². The fourth-order valence-electron chi connectivity index (χ4n) is 3.50. The molecule has 142 valence electrons. The number of rotatable bonds is 5. The Hall–Kier alpha value is -1.56. The van der Waals surface area contributed by atoms with Gasteiger partial charge < -0.3 is 15.1 Å². The van der Waals surface area contributed by atoms with Crippen LogP contribution in [0.3, 0.4) is 0 Å². The molecule has 25 heavy (non-hydrogen) atoms. The van der Waals surface area contributed by atoms with Gasteiger partial charge in [0.05, 0.1) is 6.54 Å². The normalized spacial score (nSPS) is 20.8. The maximum atomic E-state index is 12.5. The molecule has 0 aromatic heterocycles. The average molecular weight is 350 g/mol. The number of hydrogen-bond acceptors (Lipinski definition) is 3. The third-order valence-corrected chi connectivity index (χ3v) is 5.03. The molecule has 2 fully saturated rings. The van der Waals surface area contributed by atoms with Gasteiger partial charge in [-0.3, -0.25) is 14.7 Å². The highest BCUT2D eigenvalue weighted by Crippen LogP contribution is 2.11. The number of carbonyl (C=O) groups is 1. The summed E-state index contributed by atoms with van der Waals surface area (Å²) in [6, 6.07) is 0. The third kappa shape index (κ3) is 6.69. The number of likely N-dealkylation sites (tertiary alicyclic amines) is 1. The van der Waals surface area contributed by atoms with E-state index < -0.39 is 0 Å². The van der Waals surface area contributed by atoms with Crippen molar-refractivity contribution in [2.45, 2.75) is 39.0 Å². The van der Waals surface area contributed by atoms with Gasteiger partial charge in [-0.1, -0.05) is 25.0 Å². The van der Waals surface area contributed by atoms with Gasteiger partial charge in [0.1, 0.15) is 0 Å². The number of hydrogen-bond donors (Lipinski definition) is 1. The first-order valence-electron chi connectivity index (χ1n) is 9.81. The maximum absolute atomic E-state index is 12.5. The lowest BCUT2D eigenvalue weighted by Gasteiger charge is -2.37. The van der Waals surface area contributed by atoms with Gasteiger partial charge in [0.15, 0.2) is 5.96 Å². The number of aliphatic imine (C=N–C) groups is 1. The van der Waals surface area contributed by atoms with Crippen LogP contribution in [0.4, 0.5) is 0 Å². The summed E-state index contributed by atoms with van der Waals surface area (Å²) >= 11 is 0. The minimum Gasteiger partial charge on any atom is -0.356 e. The monoisotopic (exact) mass is 349 g/mol. The van der Waals surface area contributed by atoms with E-state index in [2.05, 4.69) is 37.2 Å². The van der Waals surface area contributed by atoms with E-state index in [4.69, 9.17) is 0 Å². The predicted octanol–water partition coefficient (Wildman–Crippen LogP) is 1.55. The molecular formula is C19H35N5O. The van der Waals surface area contributed by atoms with Crippen LogP contribution in [-0.2, 0) is 4.79 Å². The summed E-state index contributed by atoms with van der Waals surface area (Å²) in [6.07, 6.45) is 10.1. The maximum Gasteiger partial charge on any atom is 0.236 e. The summed E-state index contributed by atoms with van der Waals surface area (Å²) in [7, 11) is 1.84. The molecule has 2 aliphatic heterocycles. The van der Waals surface area contributed by atoms with Crippen molar-refractivity contribution < 1.29 is 4.79 Å². The van der Waals surface area contributed by atoms with Gasteiger partial charge in [-0.2, -0.15) is 0 Å². The summed E-state index contributed by atoms with van der Waals surface area (Å²) in [5.74, 6) is 1.28. The van der Waals surface area contributed by atoms with E-state index in [-0.39, 0.29) is 0 Å². The number of amides is 1. The standard InChI is InChI=1S/C19H35N5O/c1-3-4-7-10-21-19(20-2)24-15-13-22(14-16-24)17-18(25)23-11-8-5-6-9-12-23/h3-4H,5-17H2,1-2H3,(H,20,21). The molecule has 0 aliphatic carbocycles. The molecule has 0 atom stereocenters. The lowest BCUT2D eigenvalue weighted by molar-refractivity contribution is -0.132. The Balaban J connectivity index is 1.71. The van der Waals surface area contributed by atoms with Gasteiger partial charge in [-0.25, -0.2) is 0 Å². The first-order valence-corrected chi connectivity index (χ1v) is 9.81. The highest BCUT2D eigenvalue weighted by atomic mass is 16.2. The van der Waals surface area contributed by atoms with Crippen molar-refractivity contribution in [1.29, 1.82) is 0 Å². The van der Waals surface area contributed by atoms with Crippen LogP contribution in [0.15, 0.2) is 17.1 Å². The van der Waals surface area contributed by atoms with Crippen molar-refractivity contribution >= 4 is 11.9 Å². The van der Waals surface area contributed by atoms with E-state index in [0.29, 0.717) is 12.5 Å². The fourth-order valence-corrected chi connectivity index (χ4v) is 3.50. The number of nitrogens with zero attached hydrogens (tertiary/aromatic N) is 4. The van der Waals surface area contributed by atoms with E-state index >= 15 is 0 Å². The number of allylic oxidation sites excluding steroid dienone is 1. The van der Waals surface area contributed by atoms with E-state index in [1.807, 2.05) is 14.0 Å². The van der Waals surface area contributed by atoms with Crippen LogP contribution in [-0.4, -0.2) is 86.0 Å². The van der Waals surface area contributed by atoms with E-state index in [0.717, 1.165) is 71.0 Å². The second kappa shape index (κ2) is 11.1. The molecule has 2 saturated heterocycles. The molecule has 1 N–H and O–H groups in total. The molecule has 6 heteroatoms. The quantitative estimate of drug-likeness (QED) is 0.354. The van der Waals surface area contributed by atoms with Gasteiger partial charge in [0.25, 0.3) is 0 Å². The Morgan fingerprint density at radius 2 is 1.68 bits per heavy atom. The number of piperazine rings is 1. The Bertz CT molecular complexity index is 447. The summed E-state index contributed by atoms with van der Waals surface area (Å²) in [4.78, 5) is 23.6. The summed E-state index contributed by atoms with van der Waals surface area (Å²) < 4.78 is 0.